The molecule has 2 aliphatic heterocycles. The van der Waals surface area contributed by atoms with Crippen LogP contribution in [-0.4, -0.2) is 70.7 Å². The van der Waals surface area contributed by atoms with Gasteiger partial charge >= 0.3 is 0 Å². The van der Waals surface area contributed by atoms with Gasteiger partial charge in [0.25, 0.3) is 0 Å². The van der Waals surface area contributed by atoms with Crippen molar-refractivity contribution < 1.29 is 9.59 Å². The highest BCUT2D eigenvalue weighted by Crippen LogP contribution is 2.35. The molecule has 3 heterocycles. The number of aryl methyl sites for hydroxylation is 1. The third-order valence-corrected chi connectivity index (χ3v) is 4.24. The number of anilines is 1. The van der Waals surface area contributed by atoms with Gasteiger partial charge in [-0.05, 0) is 20.5 Å². The Morgan fingerprint density at radius 2 is 2.19 bits per heavy atom. The molecular formula is C14H21N5O2. The summed E-state index contributed by atoms with van der Waals surface area (Å²) in [6.07, 6.45) is 4.82. The van der Waals surface area contributed by atoms with Crippen LogP contribution in [0.15, 0.2) is 12.4 Å². The molecule has 0 bridgehead atoms. The number of carbonyl (C=O) groups is 2. The van der Waals surface area contributed by atoms with Crippen molar-refractivity contribution in [3.05, 3.63) is 12.4 Å². The van der Waals surface area contributed by atoms with Gasteiger partial charge in [-0.25, -0.2) is 0 Å². The first kappa shape index (κ1) is 14.1. The van der Waals surface area contributed by atoms with Crippen LogP contribution in [0.25, 0.3) is 0 Å². The van der Waals surface area contributed by atoms with Crippen LogP contribution in [0.1, 0.15) is 12.8 Å². The molecule has 1 aromatic rings. The normalized spacial score (nSPS) is 25.0. The summed E-state index contributed by atoms with van der Waals surface area (Å²) in [6.45, 7) is 1.12. The lowest BCUT2D eigenvalue weighted by molar-refractivity contribution is -0.132. The van der Waals surface area contributed by atoms with Crippen molar-refractivity contribution in [2.24, 2.45) is 7.05 Å². The fourth-order valence-electron chi connectivity index (χ4n) is 3.39. The predicted molar refractivity (Wildman–Crippen MR) is 77.8 cm³/mol. The van der Waals surface area contributed by atoms with Gasteiger partial charge in [-0.3, -0.25) is 14.3 Å². The number of hydrogen-bond donors (Lipinski definition) is 0. The second-order valence-electron chi connectivity index (χ2n) is 6.09. The molecule has 0 saturated carbocycles. The van der Waals surface area contributed by atoms with E-state index in [0.717, 1.165) is 18.7 Å². The molecule has 7 heteroatoms. The van der Waals surface area contributed by atoms with Crippen LogP contribution in [0.2, 0.25) is 0 Å². The number of aromatic nitrogens is 2. The van der Waals surface area contributed by atoms with Gasteiger partial charge in [0, 0.05) is 26.2 Å². The molecule has 1 aromatic heterocycles. The topological polar surface area (TPSA) is 61.7 Å². The van der Waals surface area contributed by atoms with Gasteiger partial charge in [-0.2, -0.15) is 5.10 Å². The number of fused-ring (bicyclic) bond motifs is 1. The number of hydrogen-bond acceptors (Lipinski definition) is 4. The lowest BCUT2D eigenvalue weighted by Gasteiger charge is -2.25. The van der Waals surface area contributed by atoms with Crippen LogP contribution >= 0.6 is 0 Å². The molecule has 2 aliphatic rings. The van der Waals surface area contributed by atoms with Crippen LogP contribution in [-0.2, 0) is 16.6 Å². The molecule has 0 spiro atoms. The summed E-state index contributed by atoms with van der Waals surface area (Å²) in [5.41, 5.74) is 0.830. The van der Waals surface area contributed by atoms with Gasteiger partial charge in [0.05, 0.1) is 30.5 Å². The molecule has 0 unspecified atom stereocenters. The standard InChI is InChI=1S/C14H21N5O2/c1-16(2)9-14(21)18-5-4-11-12(18)6-13(20)19(11)10-7-15-17(3)8-10/h7-8,11-12H,4-6,9H2,1-3H3/t11-,12+/m1/s1. The molecular weight excluding hydrogens is 270 g/mol. The van der Waals surface area contributed by atoms with Gasteiger partial charge < -0.3 is 14.7 Å². The second kappa shape index (κ2) is 5.14. The summed E-state index contributed by atoms with van der Waals surface area (Å²) < 4.78 is 1.69. The summed E-state index contributed by atoms with van der Waals surface area (Å²) in [4.78, 5) is 30.2. The third-order valence-electron chi connectivity index (χ3n) is 4.24. The molecule has 2 atom stereocenters. The summed E-state index contributed by atoms with van der Waals surface area (Å²) >= 11 is 0. The Morgan fingerprint density at radius 3 is 2.81 bits per heavy atom. The van der Waals surface area contributed by atoms with Crippen molar-refractivity contribution >= 4 is 17.5 Å². The summed E-state index contributed by atoms with van der Waals surface area (Å²) in [5, 5.41) is 4.14. The maximum Gasteiger partial charge on any atom is 0.237 e. The zero-order valence-electron chi connectivity index (χ0n) is 12.7. The quantitative estimate of drug-likeness (QED) is 0.766. The molecule has 0 aromatic carbocycles. The van der Waals surface area contributed by atoms with E-state index >= 15 is 0 Å². The van der Waals surface area contributed by atoms with Gasteiger partial charge in [-0.1, -0.05) is 0 Å². The fraction of sp³-hybridized carbons (Fsp3) is 0.643. The van der Waals surface area contributed by atoms with Crippen molar-refractivity contribution in [3.63, 3.8) is 0 Å². The van der Waals surface area contributed by atoms with Crippen molar-refractivity contribution in [1.29, 1.82) is 0 Å². The minimum Gasteiger partial charge on any atom is -0.336 e. The van der Waals surface area contributed by atoms with Crippen molar-refractivity contribution in [3.8, 4) is 0 Å². The highest BCUT2D eigenvalue weighted by atomic mass is 16.2. The van der Waals surface area contributed by atoms with Crippen LogP contribution in [0.3, 0.4) is 0 Å². The number of likely N-dealkylation sites (tertiary alicyclic amines) is 1. The van der Waals surface area contributed by atoms with E-state index in [1.54, 1.807) is 10.9 Å². The Kier molecular flexibility index (Phi) is 3.44. The average molecular weight is 291 g/mol. The van der Waals surface area contributed by atoms with E-state index in [0.29, 0.717) is 13.0 Å². The highest BCUT2D eigenvalue weighted by Gasteiger charge is 2.49. The maximum absolute atomic E-state index is 12.3. The molecule has 2 amide bonds. The first-order valence-electron chi connectivity index (χ1n) is 7.22. The largest absolute Gasteiger partial charge is 0.336 e. The Morgan fingerprint density at radius 1 is 1.43 bits per heavy atom. The number of nitrogens with zero attached hydrogens (tertiary/aromatic N) is 5. The average Bonchev–Trinajstić information content (AvgIpc) is 3.03. The molecule has 114 valence electrons. The van der Waals surface area contributed by atoms with E-state index in [1.807, 2.05) is 42.0 Å². The first-order valence-corrected chi connectivity index (χ1v) is 7.22. The Bertz CT molecular complexity index is 567. The maximum atomic E-state index is 12.3. The van der Waals surface area contributed by atoms with E-state index in [4.69, 9.17) is 0 Å². The smallest absolute Gasteiger partial charge is 0.237 e. The number of amides is 2. The molecule has 21 heavy (non-hydrogen) atoms. The summed E-state index contributed by atoms with van der Waals surface area (Å²) in [5.74, 6) is 0.189. The van der Waals surface area contributed by atoms with Crippen LogP contribution in [0.5, 0.6) is 0 Å². The van der Waals surface area contributed by atoms with Crippen LogP contribution < -0.4 is 4.90 Å². The minimum atomic E-state index is 0.00477. The second-order valence-corrected chi connectivity index (χ2v) is 6.09. The third kappa shape index (κ3) is 2.42. The van der Waals surface area contributed by atoms with Crippen LogP contribution in [0.4, 0.5) is 5.69 Å². The Hall–Kier alpha value is -1.89. The SMILES string of the molecule is CN(C)CC(=O)N1CC[C@@H]2[C@@H]1CC(=O)N2c1cnn(C)c1. The molecule has 2 fully saturated rings. The molecule has 3 rings (SSSR count). The van der Waals surface area contributed by atoms with Crippen LogP contribution in [0, 0.1) is 0 Å². The zero-order valence-corrected chi connectivity index (χ0v) is 12.7. The van der Waals surface area contributed by atoms with Gasteiger partial charge in [0.1, 0.15) is 0 Å². The van der Waals surface area contributed by atoms with E-state index < -0.39 is 0 Å². The molecule has 0 aliphatic carbocycles. The van der Waals surface area contributed by atoms with E-state index in [9.17, 15) is 9.59 Å². The fourth-order valence-corrected chi connectivity index (χ4v) is 3.39. The van der Waals surface area contributed by atoms with Gasteiger partial charge in [0.2, 0.25) is 11.8 Å². The minimum absolute atomic E-state index is 0.00477. The zero-order chi connectivity index (χ0) is 15.1. The summed E-state index contributed by atoms with van der Waals surface area (Å²) in [6, 6.07) is 0.0953. The van der Waals surface area contributed by atoms with Crippen molar-refractivity contribution in [2.45, 2.75) is 24.9 Å². The van der Waals surface area contributed by atoms with Gasteiger partial charge in [-0.15, -0.1) is 0 Å². The molecule has 7 nitrogen and oxygen atoms in total. The van der Waals surface area contributed by atoms with E-state index in [2.05, 4.69) is 5.10 Å². The van der Waals surface area contributed by atoms with Crippen molar-refractivity contribution in [1.82, 2.24) is 19.6 Å². The van der Waals surface area contributed by atoms with Crippen molar-refractivity contribution in [2.75, 3.05) is 32.1 Å². The molecule has 2 saturated heterocycles. The van der Waals surface area contributed by atoms with E-state index in [-0.39, 0.29) is 23.9 Å². The highest BCUT2D eigenvalue weighted by molar-refractivity contribution is 5.98. The Balaban J connectivity index is 1.79. The first-order chi connectivity index (χ1) is 9.97. The van der Waals surface area contributed by atoms with Gasteiger partial charge in [0.15, 0.2) is 0 Å². The lowest BCUT2D eigenvalue weighted by Crippen LogP contribution is -2.43. The molecule has 0 radical (unpaired) electrons. The number of carbonyl (C=O) groups excluding carboxylic acids is 2. The van der Waals surface area contributed by atoms with E-state index in [1.165, 1.54) is 0 Å². The monoisotopic (exact) mass is 291 g/mol. The number of rotatable bonds is 3. The molecule has 0 N–H and O–H groups in total. The lowest BCUT2D eigenvalue weighted by atomic mass is 10.1. The Labute approximate surface area is 124 Å². The number of likely N-dealkylation sites (N-methyl/N-ethyl adjacent to an activating group) is 1. The summed E-state index contributed by atoms with van der Waals surface area (Å²) in [7, 11) is 5.60. The predicted octanol–water partition coefficient (Wildman–Crippen LogP) is -0.312.